The van der Waals surface area contributed by atoms with E-state index < -0.39 is 63.9 Å². The van der Waals surface area contributed by atoms with E-state index in [0.29, 0.717) is 6.42 Å². The Bertz CT molecular complexity index is 1140. The average molecular weight is 629 g/mol. The molecule has 1 saturated heterocycles. The second kappa shape index (κ2) is 11.6. The van der Waals surface area contributed by atoms with Crippen molar-refractivity contribution in [3.8, 4) is 0 Å². The molecule has 3 aliphatic carbocycles. The number of carbonyl (C=O) groups excluding carboxylic acids is 3. The number of carbonyl (C=O) groups is 3. The fourth-order valence-electron chi connectivity index (χ4n) is 9.27. The fraction of sp³-hybridized carbons (Fsp3) is 0.844. The standard InChI is InChI=1S/C32H51NO8.V/c1-16-13-23-31(15-39-23,41-21(6)34)26-19(4)32(37)14-22(40-28(36)25(38-12)20(5)33(10)11)17(2)24(29(32,7)8)18(3)27(35)30(16,26)9;/h16,18-20,22-23,25-26,37H,13-15H2,1-12H3;/t16-,18+,19-,20?,22?,23?,25?,26?,30+,31-,32?;/m0./s1. The summed E-state index contributed by atoms with van der Waals surface area (Å²) in [6.45, 7) is 17.3. The Morgan fingerprint density at radius 1 is 1.14 bits per heavy atom. The van der Waals surface area contributed by atoms with Crippen molar-refractivity contribution in [1.29, 1.82) is 0 Å². The Hall–Kier alpha value is -1.23. The normalized spacial score (nSPS) is 42.1. The van der Waals surface area contributed by atoms with Crippen LogP contribution in [0.2, 0.25) is 0 Å². The Labute approximate surface area is 263 Å². The molecule has 42 heavy (non-hydrogen) atoms. The van der Waals surface area contributed by atoms with Crippen molar-refractivity contribution >= 4 is 17.7 Å². The van der Waals surface area contributed by atoms with Gasteiger partial charge in [-0.15, -0.1) is 0 Å². The number of fused-ring (bicyclic) bond motifs is 5. The average Bonchev–Trinajstić information content (AvgIpc) is 2.87. The molecule has 0 amide bonds. The third-order valence-electron chi connectivity index (χ3n) is 11.9. The summed E-state index contributed by atoms with van der Waals surface area (Å²) < 4.78 is 23.8. The monoisotopic (exact) mass is 628 g/mol. The summed E-state index contributed by atoms with van der Waals surface area (Å²) in [7, 11) is 5.22. The predicted molar refractivity (Wildman–Crippen MR) is 153 cm³/mol. The molecule has 3 fully saturated rings. The molecule has 2 saturated carbocycles. The summed E-state index contributed by atoms with van der Waals surface area (Å²) in [5.74, 6) is -2.49. The van der Waals surface area contributed by atoms with Crippen molar-refractivity contribution in [2.24, 2.45) is 34.5 Å². The van der Waals surface area contributed by atoms with Gasteiger partial charge in [-0.25, -0.2) is 4.79 Å². The summed E-state index contributed by atoms with van der Waals surface area (Å²) in [5.41, 5.74) is -2.50. The minimum Gasteiger partial charge on any atom is -0.456 e. The van der Waals surface area contributed by atoms with Crippen LogP contribution in [-0.4, -0.2) is 91.1 Å². The molecule has 2 bridgehead atoms. The van der Waals surface area contributed by atoms with E-state index in [1.54, 1.807) is 0 Å². The van der Waals surface area contributed by atoms with Gasteiger partial charge in [0.1, 0.15) is 18.0 Å². The van der Waals surface area contributed by atoms with E-state index in [2.05, 4.69) is 6.92 Å². The first-order valence-electron chi connectivity index (χ1n) is 15.0. The summed E-state index contributed by atoms with van der Waals surface area (Å²) in [6, 6.07) is -0.239. The zero-order valence-electron chi connectivity index (χ0n) is 27.4. The summed E-state index contributed by atoms with van der Waals surface area (Å²) in [6.07, 6.45) is -1.17. The van der Waals surface area contributed by atoms with E-state index in [-0.39, 0.29) is 55.4 Å². The van der Waals surface area contributed by atoms with Crippen molar-refractivity contribution in [2.75, 3.05) is 27.8 Å². The SMILES string of the molecule is COC(C(=O)OC1CC2(O)[C@@H](C)C3[C@]4(OC(C)=O)COC4C[C@H](C)[C@@]3(C)C(=O)[C@H](C)C(=C1C)C2(C)C)C(C)N(C)C.[V]. The van der Waals surface area contributed by atoms with Crippen molar-refractivity contribution in [2.45, 2.75) is 111 Å². The topological polar surface area (TPSA) is 112 Å². The third-order valence-corrected chi connectivity index (χ3v) is 11.9. The van der Waals surface area contributed by atoms with Gasteiger partial charge in [-0.3, -0.25) is 9.59 Å². The van der Waals surface area contributed by atoms with E-state index in [1.165, 1.54) is 14.0 Å². The molecule has 4 aliphatic rings. The number of likely N-dealkylation sites (N-methyl/N-ethyl adjacent to an activating group) is 1. The molecule has 4 rings (SSSR count). The Kier molecular flexibility index (Phi) is 9.74. The molecule has 6 unspecified atom stereocenters. The van der Waals surface area contributed by atoms with E-state index in [0.717, 1.165) is 11.1 Å². The first-order chi connectivity index (χ1) is 18.8. The van der Waals surface area contributed by atoms with E-state index >= 15 is 0 Å². The molecule has 1 heterocycles. The van der Waals surface area contributed by atoms with Crippen molar-refractivity contribution in [1.82, 2.24) is 4.90 Å². The number of rotatable bonds is 6. The number of hydrogen-bond donors (Lipinski definition) is 1. The van der Waals surface area contributed by atoms with Crippen LogP contribution in [0.5, 0.6) is 0 Å². The molecule has 0 aromatic heterocycles. The quantitative estimate of drug-likeness (QED) is 0.349. The zero-order valence-corrected chi connectivity index (χ0v) is 28.8. The zero-order chi connectivity index (χ0) is 31.0. The largest absolute Gasteiger partial charge is 0.456 e. The first-order valence-corrected chi connectivity index (χ1v) is 15.0. The predicted octanol–water partition coefficient (Wildman–Crippen LogP) is 3.56. The van der Waals surface area contributed by atoms with E-state index in [9.17, 15) is 19.5 Å². The maximum Gasteiger partial charge on any atom is 0.337 e. The van der Waals surface area contributed by atoms with Crippen LogP contribution in [0.3, 0.4) is 0 Å². The fourth-order valence-corrected chi connectivity index (χ4v) is 9.27. The molecule has 0 spiro atoms. The van der Waals surface area contributed by atoms with Gasteiger partial charge in [0.2, 0.25) is 0 Å². The molecule has 237 valence electrons. The smallest absolute Gasteiger partial charge is 0.337 e. The Morgan fingerprint density at radius 2 is 1.74 bits per heavy atom. The van der Waals surface area contributed by atoms with E-state index in [1.807, 2.05) is 67.5 Å². The van der Waals surface area contributed by atoms with Gasteiger partial charge in [-0.2, -0.15) is 0 Å². The molecule has 0 aromatic carbocycles. The second-order valence-corrected chi connectivity index (χ2v) is 14.3. The van der Waals surface area contributed by atoms with Crippen LogP contribution < -0.4 is 0 Å². The molecule has 1 N–H and O–H groups in total. The van der Waals surface area contributed by atoms with Crippen LogP contribution in [0.4, 0.5) is 0 Å². The number of ketones is 1. The number of Topliss-reactive ketones (excluding diaryl/α,β-unsaturated/α-hetero) is 1. The third kappa shape index (κ3) is 4.76. The number of esters is 2. The number of aliphatic hydroxyl groups is 1. The maximum absolute atomic E-state index is 14.8. The number of ether oxygens (including phenoxy) is 4. The van der Waals surface area contributed by atoms with Crippen molar-refractivity contribution in [3.63, 3.8) is 0 Å². The van der Waals surface area contributed by atoms with Gasteiger partial charge < -0.3 is 29.0 Å². The van der Waals surface area contributed by atoms with Crippen molar-refractivity contribution in [3.05, 3.63) is 11.1 Å². The molecule has 1 aliphatic heterocycles. The minimum absolute atomic E-state index is 0. The molecular formula is C32H51NO8V. The van der Waals surface area contributed by atoms with Crippen LogP contribution >= 0.6 is 0 Å². The minimum atomic E-state index is -1.40. The summed E-state index contributed by atoms with van der Waals surface area (Å²) in [5, 5.41) is 13.0. The molecule has 10 heteroatoms. The first kappa shape index (κ1) is 35.3. The van der Waals surface area contributed by atoms with Crippen LogP contribution in [0.1, 0.15) is 75.2 Å². The molecule has 0 aromatic rings. The van der Waals surface area contributed by atoms with Crippen LogP contribution in [0.15, 0.2) is 11.1 Å². The van der Waals surface area contributed by atoms with Crippen LogP contribution in [0, 0.1) is 34.5 Å². The second-order valence-electron chi connectivity index (χ2n) is 14.3. The van der Waals surface area contributed by atoms with Gasteiger partial charge in [0, 0.05) is 67.7 Å². The molecular weight excluding hydrogens is 577 g/mol. The number of hydrogen-bond acceptors (Lipinski definition) is 9. The van der Waals surface area contributed by atoms with Gasteiger partial charge in [-0.05, 0) is 57.3 Å². The summed E-state index contributed by atoms with van der Waals surface area (Å²) >= 11 is 0. The van der Waals surface area contributed by atoms with Gasteiger partial charge >= 0.3 is 11.9 Å². The van der Waals surface area contributed by atoms with Crippen LogP contribution in [-0.2, 0) is 51.9 Å². The van der Waals surface area contributed by atoms with Crippen molar-refractivity contribution < 1.29 is 57.0 Å². The van der Waals surface area contributed by atoms with Gasteiger partial charge in [0.05, 0.1) is 12.2 Å². The number of methoxy groups -OCH3 is 1. The Morgan fingerprint density at radius 3 is 2.21 bits per heavy atom. The maximum atomic E-state index is 14.8. The Balaban J connectivity index is 0.00000484. The van der Waals surface area contributed by atoms with Gasteiger partial charge in [-0.1, -0.05) is 41.5 Å². The summed E-state index contributed by atoms with van der Waals surface area (Å²) in [4.78, 5) is 42.6. The van der Waals surface area contributed by atoms with Gasteiger partial charge in [0.25, 0.3) is 0 Å². The van der Waals surface area contributed by atoms with Crippen LogP contribution in [0.25, 0.3) is 0 Å². The van der Waals surface area contributed by atoms with Gasteiger partial charge in [0.15, 0.2) is 11.7 Å². The van der Waals surface area contributed by atoms with E-state index in [4.69, 9.17) is 18.9 Å². The molecule has 9 nitrogen and oxygen atoms in total. The molecule has 11 atom stereocenters. The number of nitrogens with zero attached hydrogens (tertiary/aromatic N) is 1. The molecule has 1 radical (unpaired) electrons.